The Bertz CT molecular complexity index is 1560. The molecule has 0 bridgehead atoms. The summed E-state index contributed by atoms with van der Waals surface area (Å²) in [7, 11) is -2.19. The largest absolute Gasteiger partial charge is 0.481 e. The average molecular weight is 600 g/mol. The van der Waals surface area contributed by atoms with Crippen LogP contribution in [-0.4, -0.2) is 76.2 Å². The van der Waals surface area contributed by atoms with Gasteiger partial charge in [-0.05, 0) is 56.6 Å². The monoisotopic (exact) mass is 599 g/mol. The molecule has 2 unspecified atom stereocenters. The molecule has 5 rings (SSSR count). The van der Waals surface area contributed by atoms with Gasteiger partial charge in [0, 0.05) is 25.8 Å². The minimum absolute atomic E-state index is 0.0359. The third kappa shape index (κ3) is 6.61. The van der Waals surface area contributed by atoms with E-state index in [-0.39, 0.29) is 42.6 Å². The number of rotatable bonds is 12. The lowest BCUT2D eigenvalue weighted by molar-refractivity contribution is -0.147. The first-order valence-electron chi connectivity index (χ1n) is 14.2. The summed E-state index contributed by atoms with van der Waals surface area (Å²) in [5.41, 5.74) is 3.08. The Morgan fingerprint density at radius 2 is 1.90 bits per heavy atom. The number of hydrogen-bond donors (Lipinski definition) is 2. The van der Waals surface area contributed by atoms with Gasteiger partial charge in [-0.3, -0.25) is 13.9 Å². The Balaban J connectivity index is 1.40. The van der Waals surface area contributed by atoms with Gasteiger partial charge in [0.15, 0.2) is 0 Å². The second-order valence-corrected chi connectivity index (χ2v) is 13.0. The number of sulfonamides is 1. The average Bonchev–Trinajstić information content (AvgIpc) is 3.74. The molecule has 1 amide bonds. The number of carbonyl (C=O) groups excluding carboxylic acids is 1. The number of aliphatic carboxylic acids is 1. The van der Waals surface area contributed by atoms with E-state index in [0.29, 0.717) is 49.2 Å². The molecule has 1 aliphatic heterocycles. The first kappa shape index (κ1) is 30.0. The molecule has 42 heavy (non-hydrogen) atoms. The zero-order valence-corrected chi connectivity index (χ0v) is 24.9. The molecule has 11 nitrogen and oxygen atoms in total. The fourth-order valence-electron chi connectivity index (χ4n) is 5.38. The predicted molar refractivity (Wildman–Crippen MR) is 157 cm³/mol. The lowest BCUT2D eigenvalue weighted by Crippen LogP contribution is -2.35. The van der Waals surface area contributed by atoms with E-state index in [1.807, 2.05) is 37.3 Å². The van der Waals surface area contributed by atoms with Gasteiger partial charge >= 0.3 is 5.97 Å². The number of carbonyl (C=O) groups is 2. The van der Waals surface area contributed by atoms with E-state index in [0.717, 1.165) is 35.8 Å². The minimum atomic E-state index is -3.74. The lowest BCUT2D eigenvalue weighted by atomic mass is 9.94. The number of nitrogens with zero attached hydrogens (tertiary/aromatic N) is 2. The lowest BCUT2D eigenvalue weighted by Gasteiger charge is -2.27. The highest BCUT2D eigenvalue weighted by molar-refractivity contribution is 7.92. The fraction of sp³-hybridized carbons (Fsp3) is 0.500. The minimum Gasteiger partial charge on any atom is -0.481 e. The number of amides is 1. The highest BCUT2D eigenvalue weighted by Crippen LogP contribution is 2.46. The molecule has 12 heteroatoms. The van der Waals surface area contributed by atoms with E-state index >= 15 is 0 Å². The summed E-state index contributed by atoms with van der Waals surface area (Å²) in [6, 6.07) is 9.46. The van der Waals surface area contributed by atoms with Crippen LogP contribution in [0.15, 0.2) is 34.7 Å². The van der Waals surface area contributed by atoms with Crippen molar-refractivity contribution in [3.63, 3.8) is 0 Å². The number of carboxylic acids is 1. The normalized spacial score (nSPS) is 19.1. The Hall–Kier alpha value is -3.48. The van der Waals surface area contributed by atoms with Crippen LogP contribution < -0.4 is 9.62 Å². The number of nitrogens with one attached hydrogen (secondary N) is 1. The quantitative estimate of drug-likeness (QED) is 0.294. The van der Waals surface area contributed by atoms with Crippen LogP contribution in [0, 0.1) is 12.8 Å². The second-order valence-electron chi connectivity index (χ2n) is 11.1. The number of hydrogen-bond acceptors (Lipinski definition) is 8. The molecule has 2 fully saturated rings. The molecule has 0 radical (unpaired) electrons. The van der Waals surface area contributed by atoms with Gasteiger partial charge in [0.05, 0.1) is 42.4 Å². The zero-order chi connectivity index (χ0) is 30.0. The number of benzene rings is 1. The van der Waals surface area contributed by atoms with Crippen LogP contribution in [-0.2, 0) is 24.3 Å². The number of ether oxygens (including phenoxy) is 2. The number of aromatic nitrogens is 1. The molecule has 0 spiro atoms. The number of anilines is 1. The van der Waals surface area contributed by atoms with E-state index in [2.05, 4.69) is 5.32 Å². The van der Waals surface area contributed by atoms with E-state index in [4.69, 9.17) is 18.9 Å². The van der Waals surface area contributed by atoms with E-state index in [1.165, 1.54) is 4.31 Å². The number of aryl methyl sites for hydroxylation is 1. The van der Waals surface area contributed by atoms with Crippen molar-refractivity contribution in [2.45, 2.75) is 51.0 Å². The summed E-state index contributed by atoms with van der Waals surface area (Å²) >= 11 is 0. The van der Waals surface area contributed by atoms with E-state index in [1.54, 1.807) is 7.05 Å². The SMILES string of the molecule is CNC(=O)c1c(-c2ccc(C)cc2)oc2nc(N(CCOCCC3CC(C(=O)O)CCO3)S(C)(=O)=O)c(C3CC3)cc12. The third-order valence-electron chi connectivity index (χ3n) is 7.85. The maximum absolute atomic E-state index is 13.0. The fourth-order valence-corrected chi connectivity index (χ4v) is 6.25. The van der Waals surface area contributed by atoms with Gasteiger partial charge in [-0.25, -0.2) is 8.42 Å². The van der Waals surface area contributed by atoms with Crippen LogP contribution in [0.3, 0.4) is 0 Å². The topological polar surface area (TPSA) is 148 Å². The molecular weight excluding hydrogens is 562 g/mol. The molecule has 1 saturated carbocycles. The number of fused-ring (bicyclic) bond motifs is 1. The van der Waals surface area contributed by atoms with Gasteiger partial charge in [-0.1, -0.05) is 29.8 Å². The second kappa shape index (κ2) is 12.4. The maximum atomic E-state index is 13.0. The maximum Gasteiger partial charge on any atom is 0.306 e. The van der Waals surface area contributed by atoms with Crippen molar-refractivity contribution < 1.29 is 37.0 Å². The predicted octanol–water partition coefficient (Wildman–Crippen LogP) is 4.09. The highest BCUT2D eigenvalue weighted by atomic mass is 32.2. The molecule has 1 aliphatic carbocycles. The van der Waals surface area contributed by atoms with Crippen molar-refractivity contribution >= 4 is 38.8 Å². The van der Waals surface area contributed by atoms with Gasteiger partial charge in [0.25, 0.3) is 5.91 Å². The van der Waals surface area contributed by atoms with Crippen LogP contribution in [0.25, 0.3) is 22.4 Å². The Morgan fingerprint density at radius 3 is 2.55 bits per heavy atom. The van der Waals surface area contributed by atoms with Crippen LogP contribution >= 0.6 is 0 Å². The van der Waals surface area contributed by atoms with Crippen LogP contribution in [0.1, 0.15) is 59.5 Å². The number of furan rings is 1. The first-order chi connectivity index (χ1) is 20.1. The van der Waals surface area contributed by atoms with Crippen molar-refractivity contribution in [3.05, 3.63) is 47.0 Å². The molecule has 2 aliphatic rings. The van der Waals surface area contributed by atoms with Crippen molar-refractivity contribution in [2.75, 3.05) is 44.0 Å². The Morgan fingerprint density at radius 1 is 1.17 bits per heavy atom. The van der Waals surface area contributed by atoms with Gasteiger partial charge < -0.3 is 24.3 Å². The summed E-state index contributed by atoms with van der Waals surface area (Å²) in [6.45, 7) is 2.84. The zero-order valence-electron chi connectivity index (χ0n) is 24.1. The molecule has 226 valence electrons. The smallest absolute Gasteiger partial charge is 0.306 e. The summed E-state index contributed by atoms with van der Waals surface area (Å²) in [5, 5.41) is 12.5. The van der Waals surface area contributed by atoms with E-state index in [9.17, 15) is 23.1 Å². The number of carboxylic acid groups (broad SMARTS) is 1. The van der Waals surface area contributed by atoms with Gasteiger partial charge in [0.2, 0.25) is 15.7 Å². The van der Waals surface area contributed by atoms with E-state index < -0.39 is 21.9 Å². The summed E-state index contributed by atoms with van der Waals surface area (Å²) < 4.78 is 44.9. The highest BCUT2D eigenvalue weighted by Gasteiger charge is 2.34. The third-order valence-corrected chi connectivity index (χ3v) is 9.01. The van der Waals surface area contributed by atoms with Crippen molar-refractivity contribution in [1.82, 2.24) is 10.3 Å². The van der Waals surface area contributed by atoms with Crippen molar-refractivity contribution in [2.24, 2.45) is 5.92 Å². The first-order valence-corrected chi connectivity index (χ1v) is 16.1. The summed E-state index contributed by atoms with van der Waals surface area (Å²) in [4.78, 5) is 29.1. The molecule has 2 aromatic heterocycles. The summed E-state index contributed by atoms with van der Waals surface area (Å²) in [5.74, 6) is -0.755. The molecule has 1 saturated heterocycles. The Labute approximate surface area is 245 Å². The van der Waals surface area contributed by atoms with Crippen molar-refractivity contribution in [3.8, 4) is 11.3 Å². The Kier molecular flexibility index (Phi) is 8.86. The standard InChI is InChI=1S/C30H37N3O8S/c1-18-4-6-20(7-5-18)26-25(28(34)31-2)24-17-23(19-8-9-19)27(32-29(24)41-26)33(42(3,37)38)12-15-39-13-11-22-16-21(30(35)36)10-14-40-22/h4-7,17,19,21-22H,8-16H2,1-3H3,(H,31,34)(H,35,36). The molecule has 3 aromatic rings. The number of pyridine rings is 1. The van der Waals surface area contributed by atoms with Crippen LogP contribution in [0.2, 0.25) is 0 Å². The molecule has 1 aromatic carbocycles. The van der Waals surface area contributed by atoms with Gasteiger partial charge in [0.1, 0.15) is 11.6 Å². The van der Waals surface area contributed by atoms with Gasteiger partial charge in [-0.2, -0.15) is 4.98 Å². The molecule has 3 heterocycles. The summed E-state index contributed by atoms with van der Waals surface area (Å²) in [6.07, 6.45) is 4.19. The molecule has 2 N–H and O–H groups in total. The van der Waals surface area contributed by atoms with Crippen molar-refractivity contribution in [1.29, 1.82) is 0 Å². The van der Waals surface area contributed by atoms with Crippen LogP contribution in [0.5, 0.6) is 0 Å². The molecule has 2 atom stereocenters. The molecular formula is C30H37N3O8S. The van der Waals surface area contributed by atoms with Crippen LogP contribution in [0.4, 0.5) is 5.82 Å². The van der Waals surface area contributed by atoms with Gasteiger partial charge in [-0.15, -0.1) is 0 Å².